The second kappa shape index (κ2) is 4.24. The molecular weight excluding hydrogens is 256 g/mol. The summed E-state index contributed by atoms with van der Waals surface area (Å²) in [7, 11) is 0. The van der Waals surface area contributed by atoms with Gasteiger partial charge < -0.3 is 4.52 Å². The second-order valence-electron chi connectivity index (χ2n) is 4.95. The van der Waals surface area contributed by atoms with Crippen molar-refractivity contribution in [2.75, 3.05) is 0 Å². The van der Waals surface area contributed by atoms with Crippen LogP contribution in [0.3, 0.4) is 0 Å². The number of aromatic nitrogens is 2. The average Bonchev–Trinajstić information content (AvgIpc) is 2.73. The van der Waals surface area contributed by atoms with Gasteiger partial charge in [-0.1, -0.05) is 26.7 Å². The van der Waals surface area contributed by atoms with Gasteiger partial charge in [0.2, 0.25) is 10.6 Å². The highest BCUT2D eigenvalue weighted by Gasteiger charge is 2.40. The van der Waals surface area contributed by atoms with Crippen LogP contribution in [0.5, 0.6) is 0 Å². The van der Waals surface area contributed by atoms with Crippen LogP contribution in [0.1, 0.15) is 51.8 Å². The Balaban J connectivity index is 2.26. The van der Waals surface area contributed by atoms with Crippen LogP contribution >= 0.6 is 15.9 Å². The minimum absolute atomic E-state index is 0.160. The first-order chi connectivity index (χ1) is 7.12. The number of halogens is 1. The highest BCUT2D eigenvalue weighted by atomic mass is 79.9. The smallest absolute Gasteiger partial charge is 0.238 e. The lowest BCUT2D eigenvalue weighted by Gasteiger charge is -2.26. The van der Waals surface area contributed by atoms with Crippen LogP contribution in [0.15, 0.2) is 9.26 Å². The van der Waals surface area contributed by atoms with Crippen LogP contribution in [0.25, 0.3) is 0 Å². The summed E-state index contributed by atoms with van der Waals surface area (Å²) >= 11 is 3.25. The molecule has 0 N–H and O–H groups in total. The highest BCUT2D eigenvalue weighted by Crippen LogP contribution is 2.44. The summed E-state index contributed by atoms with van der Waals surface area (Å²) < 4.78 is 5.92. The molecule has 0 amide bonds. The Morgan fingerprint density at radius 2 is 2.07 bits per heavy atom. The minimum atomic E-state index is 0.160. The molecule has 1 aliphatic rings. The zero-order valence-corrected chi connectivity index (χ0v) is 10.9. The summed E-state index contributed by atoms with van der Waals surface area (Å²) in [6.07, 6.45) is 6.11. The summed E-state index contributed by atoms with van der Waals surface area (Å²) in [5.74, 6) is 1.51. The van der Waals surface area contributed by atoms with Crippen molar-refractivity contribution in [1.29, 1.82) is 0 Å². The van der Waals surface area contributed by atoms with Gasteiger partial charge in [-0.15, -0.1) is 0 Å². The molecule has 1 aromatic heterocycles. The fourth-order valence-corrected chi connectivity index (χ4v) is 2.99. The molecule has 1 saturated carbocycles. The fourth-order valence-electron chi connectivity index (χ4n) is 2.76. The molecule has 0 spiro atoms. The Hall–Kier alpha value is -0.380. The number of hydrogen-bond acceptors (Lipinski definition) is 3. The van der Waals surface area contributed by atoms with Crippen LogP contribution in [-0.2, 0) is 5.41 Å². The van der Waals surface area contributed by atoms with E-state index < -0.39 is 0 Å². The standard InChI is InChI=1S/C11H17BrN2O/c1-8(2)7-11(5-3-4-6-11)9-13-10(12)14-15-9/h8H,3-7H2,1-2H3. The maximum atomic E-state index is 5.34. The minimum Gasteiger partial charge on any atom is -0.338 e. The topological polar surface area (TPSA) is 38.9 Å². The lowest BCUT2D eigenvalue weighted by atomic mass is 9.78. The first-order valence-corrected chi connectivity index (χ1v) is 6.41. The van der Waals surface area contributed by atoms with Crippen molar-refractivity contribution in [2.45, 2.75) is 51.4 Å². The quantitative estimate of drug-likeness (QED) is 0.843. The third-order valence-corrected chi connectivity index (χ3v) is 3.54. The summed E-state index contributed by atoms with van der Waals surface area (Å²) in [5, 5.41) is 3.84. The molecule has 1 heterocycles. The van der Waals surface area contributed by atoms with Crippen LogP contribution in [-0.4, -0.2) is 10.1 Å². The molecular formula is C11H17BrN2O. The Morgan fingerprint density at radius 3 is 2.53 bits per heavy atom. The number of hydrogen-bond donors (Lipinski definition) is 0. The van der Waals surface area contributed by atoms with Crippen molar-refractivity contribution < 1.29 is 4.52 Å². The van der Waals surface area contributed by atoms with Gasteiger partial charge in [-0.25, -0.2) is 0 Å². The molecule has 3 nitrogen and oxygen atoms in total. The second-order valence-corrected chi connectivity index (χ2v) is 5.66. The molecule has 0 bridgehead atoms. The molecule has 2 rings (SSSR count). The number of rotatable bonds is 3. The van der Waals surface area contributed by atoms with Gasteiger partial charge in [0.25, 0.3) is 0 Å². The third kappa shape index (κ3) is 2.25. The van der Waals surface area contributed by atoms with E-state index in [-0.39, 0.29) is 5.41 Å². The fraction of sp³-hybridized carbons (Fsp3) is 0.818. The van der Waals surface area contributed by atoms with Crippen molar-refractivity contribution in [3.63, 3.8) is 0 Å². The van der Waals surface area contributed by atoms with Gasteiger partial charge in [-0.3, -0.25) is 0 Å². The molecule has 0 unspecified atom stereocenters. The van der Waals surface area contributed by atoms with Gasteiger partial charge >= 0.3 is 0 Å². The zero-order chi connectivity index (χ0) is 10.9. The predicted octanol–water partition coefficient (Wildman–Crippen LogP) is 3.69. The van der Waals surface area contributed by atoms with E-state index in [4.69, 9.17) is 4.52 Å². The molecule has 0 aromatic carbocycles. The van der Waals surface area contributed by atoms with E-state index in [1.54, 1.807) is 0 Å². The largest absolute Gasteiger partial charge is 0.338 e. The third-order valence-electron chi connectivity index (χ3n) is 3.21. The summed E-state index contributed by atoms with van der Waals surface area (Å²) in [6.45, 7) is 4.51. The van der Waals surface area contributed by atoms with Crippen molar-refractivity contribution in [3.8, 4) is 0 Å². The van der Waals surface area contributed by atoms with E-state index in [9.17, 15) is 0 Å². The van der Waals surface area contributed by atoms with Gasteiger partial charge in [0.15, 0.2) is 0 Å². The van der Waals surface area contributed by atoms with Gasteiger partial charge in [0, 0.05) is 5.41 Å². The SMILES string of the molecule is CC(C)CC1(c2nc(Br)no2)CCCC1. The van der Waals surface area contributed by atoms with Crippen molar-refractivity contribution in [1.82, 2.24) is 10.1 Å². The molecule has 0 aliphatic heterocycles. The zero-order valence-electron chi connectivity index (χ0n) is 9.29. The molecule has 0 saturated heterocycles. The lowest BCUT2D eigenvalue weighted by molar-refractivity contribution is 0.244. The van der Waals surface area contributed by atoms with E-state index in [1.165, 1.54) is 25.7 Å². The predicted molar refractivity (Wildman–Crippen MR) is 61.6 cm³/mol. The molecule has 1 aliphatic carbocycles. The van der Waals surface area contributed by atoms with E-state index in [0.29, 0.717) is 10.7 Å². The summed E-state index contributed by atoms with van der Waals surface area (Å²) in [4.78, 5) is 4.36. The monoisotopic (exact) mass is 272 g/mol. The van der Waals surface area contributed by atoms with Gasteiger partial charge in [-0.05, 0) is 46.3 Å². The van der Waals surface area contributed by atoms with Gasteiger partial charge in [0.05, 0.1) is 0 Å². The molecule has 84 valence electrons. The summed E-state index contributed by atoms with van der Waals surface area (Å²) in [6, 6.07) is 0. The highest BCUT2D eigenvalue weighted by molar-refractivity contribution is 9.10. The molecule has 0 atom stereocenters. The van der Waals surface area contributed by atoms with E-state index >= 15 is 0 Å². The average molecular weight is 273 g/mol. The Bertz CT molecular complexity index is 329. The Labute approximate surface area is 98.8 Å². The maximum absolute atomic E-state index is 5.34. The van der Waals surface area contributed by atoms with Crippen LogP contribution in [0, 0.1) is 5.92 Å². The van der Waals surface area contributed by atoms with E-state index in [1.807, 2.05) is 0 Å². The van der Waals surface area contributed by atoms with Crippen molar-refractivity contribution >= 4 is 15.9 Å². The van der Waals surface area contributed by atoms with Crippen molar-refractivity contribution in [3.05, 3.63) is 10.6 Å². The van der Waals surface area contributed by atoms with Gasteiger partial charge in [-0.2, -0.15) is 4.98 Å². The lowest BCUT2D eigenvalue weighted by Crippen LogP contribution is -2.24. The van der Waals surface area contributed by atoms with Crippen LogP contribution in [0.2, 0.25) is 0 Å². The normalized spacial score (nSPS) is 20.0. The molecule has 0 radical (unpaired) electrons. The first-order valence-electron chi connectivity index (χ1n) is 5.62. The molecule has 1 aromatic rings. The molecule has 1 fully saturated rings. The Morgan fingerprint density at radius 1 is 1.40 bits per heavy atom. The van der Waals surface area contributed by atoms with Crippen LogP contribution in [0.4, 0.5) is 0 Å². The summed E-state index contributed by atoms with van der Waals surface area (Å²) in [5.41, 5.74) is 0.160. The van der Waals surface area contributed by atoms with Gasteiger partial charge in [0.1, 0.15) is 0 Å². The Kier molecular flexibility index (Phi) is 3.14. The first kappa shape index (κ1) is 11.1. The molecule has 15 heavy (non-hydrogen) atoms. The molecule has 4 heteroatoms. The van der Waals surface area contributed by atoms with Crippen molar-refractivity contribution in [2.24, 2.45) is 5.92 Å². The van der Waals surface area contributed by atoms with Crippen LogP contribution < -0.4 is 0 Å². The van der Waals surface area contributed by atoms with E-state index in [0.717, 1.165) is 12.3 Å². The number of nitrogens with zero attached hydrogens (tertiary/aromatic N) is 2. The van der Waals surface area contributed by atoms with E-state index in [2.05, 4.69) is 39.9 Å². The maximum Gasteiger partial charge on any atom is 0.238 e.